The fraction of sp³-hybridized carbons (Fsp3) is 0.167. The van der Waals surface area contributed by atoms with E-state index in [4.69, 9.17) is 11.6 Å². The van der Waals surface area contributed by atoms with Crippen LogP contribution in [-0.4, -0.2) is 26.3 Å². The fourth-order valence-electron chi connectivity index (χ4n) is 3.55. The molecule has 2 aromatic heterocycles. The van der Waals surface area contributed by atoms with Crippen LogP contribution in [0.4, 0.5) is 8.78 Å². The minimum absolute atomic E-state index is 0.00202. The number of hydrogen-bond acceptors (Lipinski definition) is 4. The molecule has 10 heteroatoms. The number of benzene rings is 2. The number of carbonyl (C=O) groups is 2. The van der Waals surface area contributed by atoms with E-state index >= 15 is 0 Å². The molecule has 4 aromatic rings. The number of imidazole rings is 1. The summed E-state index contributed by atoms with van der Waals surface area (Å²) in [6.07, 6.45) is 1.63. The number of pyridine rings is 1. The highest BCUT2D eigenvalue weighted by molar-refractivity contribution is 6.30. The Morgan fingerprint density at radius 2 is 1.88 bits per heavy atom. The van der Waals surface area contributed by atoms with Crippen molar-refractivity contribution in [3.05, 3.63) is 94.4 Å². The van der Waals surface area contributed by atoms with Gasteiger partial charge in [-0.25, -0.2) is 18.7 Å². The average Bonchev–Trinajstić information content (AvgIpc) is 3.16. The Hall–Kier alpha value is -3.85. The van der Waals surface area contributed by atoms with Crippen LogP contribution in [0.3, 0.4) is 0 Å². The van der Waals surface area contributed by atoms with E-state index in [0.29, 0.717) is 29.1 Å². The number of aromatic nitrogens is 3. The molecule has 0 aliphatic carbocycles. The van der Waals surface area contributed by atoms with Gasteiger partial charge in [-0.15, -0.1) is 0 Å². The number of amides is 2. The van der Waals surface area contributed by atoms with Gasteiger partial charge in [0.1, 0.15) is 29.0 Å². The normalized spacial score (nSPS) is 11.9. The molecule has 4 rings (SSSR count). The van der Waals surface area contributed by atoms with Gasteiger partial charge in [-0.1, -0.05) is 29.8 Å². The van der Waals surface area contributed by atoms with Crippen LogP contribution in [0.5, 0.6) is 0 Å². The topological polar surface area (TPSA) is 88.9 Å². The third kappa shape index (κ3) is 5.20. The Labute approximate surface area is 198 Å². The third-order valence-corrected chi connectivity index (χ3v) is 5.43. The van der Waals surface area contributed by atoms with Gasteiger partial charge < -0.3 is 15.2 Å². The van der Waals surface area contributed by atoms with E-state index in [1.54, 1.807) is 29.0 Å². The molecular weight excluding hydrogens is 464 g/mol. The number of fused-ring (bicyclic) bond motifs is 1. The SMILES string of the molecule is CC(=O)NC(C(=O)NCc1nc2cccnc2n1Cc1ccc(F)c(Cl)c1)c1ccc(F)cc1. The Kier molecular flexibility index (Phi) is 6.83. The Morgan fingerprint density at radius 1 is 1.12 bits per heavy atom. The van der Waals surface area contributed by atoms with Crippen molar-refractivity contribution < 1.29 is 18.4 Å². The lowest BCUT2D eigenvalue weighted by atomic mass is 10.1. The summed E-state index contributed by atoms with van der Waals surface area (Å²) in [5, 5.41) is 5.36. The van der Waals surface area contributed by atoms with Crippen LogP contribution in [0, 0.1) is 11.6 Å². The maximum atomic E-state index is 13.6. The third-order valence-electron chi connectivity index (χ3n) is 5.14. The quantitative estimate of drug-likeness (QED) is 0.417. The highest BCUT2D eigenvalue weighted by Crippen LogP contribution is 2.21. The van der Waals surface area contributed by atoms with Crippen LogP contribution in [-0.2, 0) is 22.7 Å². The van der Waals surface area contributed by atoms with Crippen molar-refractivity contribution in [2.45, 2.75) is 26.1 Å². The van der Waals surface area contributed by atoms with E-state index in [9.17, 15) is 18.4 Å². The second-order valence-corrected chi connectivity index (χ2v) is 8.02. The Balaban J connectivity index is 1.60. The molecule has 0 aliphatic rings. The molecular formula is C24H20ClF2N5O2. The van der Waals surface area contributed by atoms with Crippen molar-refractivity contribution in [3.8, 4) is 0 Å². The predicted octanol–water partition coefficient (Wildman–Crippen LogP) is 3.90. The zero-order chi connectivity index (χ0) is 24.2. The van der Waals surface area contributed by atoms with Gasteiger partial charge in [0.2, 0.25) is 11.8 Å². The van der Waals surface area contributed by atoms with E-state index in [2.05, 4.69) is 20.6 Å². The number of nitrogens with zero attached hydrogens (tertiary/aromatic N) is 3. The molecule has 0 fully saturated rings. The summed E-state index contributed by atoms with van der Waals surface area (Å²) in [5.41, 5.74) is 2.37. The first-order valence-corrected chi connectivity index (χ1v) is 10.7. The largest absolute Gasteiger partial charge is 0.347 e. The minimum atomic E-state index is -1.01. The van der Waals surface area contributed by atoms with Crippen molar-refractivity contribution in [1.82, 2.24) is 25.2 Å². The first kappa shape index (κ1) is 23.3. The molecule has 0 aliphatic heterocycles. The van der Waals surface area contributed by atoms with Crippen LogP contribution >= 0.6 is 11.6 Å². The molecule has 1 atom stereocenters. The average molecular weight is 484 g/mol. The Morgan fingerprint density at radius 3 is 2.59 bits per heavy atom. The van der Waals surface area contributed by atoms with Crippen molar-refractivity contribution in [3.63, 3.8) is 0 Å². The van der Waals surface area contributed by atoms with Gasteiger partial charge >= 0.3 is 0 Å². The molecule has 2 heterocycles. The predicted molar refractivity (Wildman–Crippen MR) is 123 cm³/mol. The van der Waals surface area contributed by atoms with Gasteiger partial charge in [-0.3, -0.25) is 9.59 Å². The second-order valence-electron chi connectivity index (χ2n) is 7.61. The maximum absolute atomic E-state index is 13.6. The van der Waals surface area contributed by atoms with Crippen molar-refractivity contribution in [1.29, 1.82) is 0 Å². The van der Waals surface area contributed by atoms with E-state index in [1.807, 2.05) is 0 Å². The summed E-state index contributed by atoms with van der Waals surface area (Å²) in [4.78, 5) is 33.6. The van der Waals surface area contributed by atoms with E-state index in [0.717, 1.165) is 5.56 Å². The van der Waals surface area contributed by atoms with Gasteiger partial charge in [0, 0.05) is 13.1 Å². The van der Waals surface area contributed by atoms with Crippen LogP contribution in [0.15, 0.2) is 60.8 Å². The molecule has 34 heavy (non-hydrogen) atoms. The zero-order valence-electron chi connectivity index (χ0n) is 18.1. The first-order valence-electron chi connectivity index (χ1n) is 10.4. The monoisotopic (exact) mass is 483 g/mol. The summed E-state index contributed by atoms with van der Waals surface area (Å²) in [6, 6.07) is 12.3. The number of rotatable bonds is 7. The minimum Gasteiger partial charge on any atom is -0.347 e. The van der Waals surface area contributed by atoms with E-state index < -0.39 is 29.5 Å². The molecule has 1 unspecified atom stereocenters. The number of halogens is 3. The summed E-state index contributed by atoms with van der Waals surface area (Å²) >= 11 is 5.93. The van der Waals surface area contributed by atoms with Gasteiger partial charge in [0.05, 0.1) is 18.1 Å². The highest BCUT2D eigenvalue weighted by Gasteiger charge is 2.22. The molecule has 2 aromatic carbocycles. The van der Waals surface area contributed by atoms with Crippen LogP contribution in [0.2, 0.25) is 5.02 Å². The van der Waals surface area contributed by atoms with Crippen LogP contribution in [0.25, 0.3) is 11.2 Å². The van der Waals surface area contributed by atoms with Crippen molar-refractivity contribution >= 4 is 34.6 Å². The van der Waals surface area contributed by atoms with Gasteiger partial charge in [0.15, 0.2) is 5.65 Å². The summed E-state index contributed by atoms with van der Waals surface area (Å²) in [5.74, 6) is -1.36. The van der Waals surface area contributed by atoms with Crippen molar-refractivity contribution in [2.75, 3.05) is 0 Å². The molecule has 174 valence electrons. The highest BCUT2D eigenvalue weighted by atomic mass is 35.5. The number of hydrogen-bond donors (Lipinski definition) is 2. The lowest BCUT2D eigenvalue weighted by Gasteiger charge is -2.18. The van der Waals surface area contributed by atoms with E-state index in [1.165, 1.54) is 43.3 Å². The summed E-state index contributed by atoms with van der Waals surface area (Å²) in [6.45, 7) is 1.62. The summed E-state index contributed by atoms with van der Waals surface area (Å²) in [7, 11) is 0. The molecule has 0 radical (unpaired) electrons. The molecule has 2 amide bonds. The number of carbonyl (C=O) groups excluding carboxylic acids is 2. The smallest absolute Gasteiger partial charge is 0.247 e. The van der Waals surface area contributed by atoms with Crippen LogP contribution < -0.4 is 10.6 Å². The molecule has 0 spiro atoms. The lowest BCUT2D eigenvalue weighted by molar-refractivity contribution is -0.128. The lowest BCUT2D eigenvalue weighted by Crippen LogP contribution is -2.39. The molecule has 0 saturated carbocycles. The van der Waals surface area contributed by atoms with Gasteiger partial charge in [0.25, 0.3) is 0 Å². The maximum Gasteiger partial charge on any atom is 0.247 e. The zero-order valence-corrected chi connectivity index (χ0v) is 18.8. The standard InChI is InChI=1S/C24H20ClF2N5O2/c1-14(33)30-22(16-5-7-17(26)8-6-16)24(34)29-12-21-31-20-3-2-10-28-23(20)32(21)13-15-4-9-19(27)18(25)11-15/h2-11,22H,12-13H2,1H3,(H,29,34)(H,30,33). The molecule has 0 saturated heterocycles. The number of nitrogens with one attached hydrogen (secondary N) is 2. The van der Waals surface area contributed by atoms with E-state index in [-0.39, 0.29) is 11.6 Å². The summed E-state index contributed by atoms with van der Waals surface area (Å²) < 4.78 is 28.7. The second kappa shape index (κ2) is 9.96. The molecule has 0 bridgehead atoms. The fourth-order valence-corrected chi connectivity index (χ4v) is 3.76. The molecule has 2 N–H and O–H groups in total. The van der Waals surface area contributed by atoms with Crippen LogP contribution in [0.1, 0.15) is 29.9 Å². The first-order chi connectivity index (χ1) is 16.3. The van der Waals surface area contributed by atoms with Gasteiger partial charge in [-0.2, -0.15) is 0 Å². The Bertz CT molecular complexity index is 1360. The van der Waals surface area contributed by atoms with Crippen molar-refractivity contribution in [2.24, 2.45) is 0 Å². The van der Waals surface area contributed by atoms with Gasteiger partial charge in [-0.05, 0) is 47.5 Å². The molecule has 7 nitrogen and oxygen atoms in total.